The van der Waals surface area contributed by atoms with E-state index in [0.717, 1.165) is 10.5 Å². The maximum absolute atomic E-state index is 14.2. The Kier molecular flexibility index (Phi) is 6.90. The first-order valence-corrected chi connectivity index (χ1v) is 12.4. The van der Waals surface area contributed by atoms with E-state index in [9.17, 15) is 19.2 Å². The summed E-state index contributed by atoms with van der Waals surface area (Å²) in [6, 6.07) is 18.4. The van der Waals surface area contributed by atoms with Crippen molar-refractivity contribution in [3.05, 3.63) is 89.1 Å². The molecule has 2 heterocycles. The number of nitrogens with zero attached hydrogens (tertiary/aromatic N) is 4. The Morgan fingerprint density at radius 3 is 2.41 bits per heavy atom. The summed E-state index contributed by atoms with van der Waals surface area (Å²) in [4.78, 5) is 56.0. The van der Waals surface area contributed by atoms with Gasteiger partial charge in [0.1, 0.15) is 5.69 Å². The molecule has 39 heavy (non-hydrogen) atoms. The van der Waals surface area contributed by atoms with Gasteiger partial charge in [-0.15, -0.1) is 0 Å². The number of nitrogens with one attached hydrogen (secondary N) is 1. The number of urea groups is 1. The lowest BCUT2D eigenvalue weighted by Gasteiger charge is -2.23. The summed E-state index contributed by atoms with van der Waals surface area (Å²) in [6.45, 7) is 1.81. The number of imide groups is 1. The third-order valence-corrected chi connectivity index (χ3v) is 6.82. The van der Waals surface area contributed by atoms with Crippen molar-refractivity contribution in [3.8, 4) is 5.69 Å². The summed E-state index contributed by atoms with van der Waals surface area (Å²) in [5.74, 6) is -2.60. The summed E-state index contributed by atoms with van der Waals surface area (Å²) in [7, 11) is 2.61. The molecule has 1 aliphatic rings. The standard InChI is InChI=1S/C28H24ClN5O5/c1-16-13-14-19(29)20(15-16)30-25(36)23(33-26(37)27(39-3)32(2)28(33)38)24(35)22-18-11-7-8-12-21(18)34(31-22)17-9-5-4-6-10-17/h4-15,23,27H,1-3H3,(H,30,36). The van der Waals surface area contributed by atoms with Crippen LogP contribution in [-0.4, -0.2) is 69.6 Å². The number of Topliss-reactive ketones (excluding diaryl/α,β-unsaturated/α-hetero) is 1. The van der Waals surface area contributed by atoms with Crippen LogP contribution in [0.2, 0.25) is 5.02 Å². The van der Waals surface area contributed by atoms with E-state index in [0.29, 0.717) is 21.5 Å². The van der Waals surface area contributed by atoms with Gasteiger partial charge in [-0.2, -0.15) is 5.10 Å². The normalized spacial score (nSPS) is 16.2. The SMILES string of the molecule is COC1C(=O)N(C(C(=O)Nc2cc(C)ccc2Cl)C(=O)c2nn(-c3ccccc3)c3ccccc23)C(=O)N1C. The van der Waals surface area contributed by atoms with Crippen LogP contribution in [0.25, 0.3) is 16.6 Å². The highest BCUT2D eigenvalue weighted by Gasteiger charge is 2.52. The van der Waals surface area contributed by atoms with Crippen LogP contribution >= 0.6 is 11.6 Å². The molecule has 1 aromatic heterocycles. The lowest BCUT2D eigenvalue weighted by Crippen LogP contribution is -2.52. The number of carbonyl (C=O) groups excluding carboxylic acids is 4. The lowest BCUT2D eigenvalue weighted by atomic mass is 10.0. The average molecular weight is 546 g/mol. The van der Waals surface area contributed by atoms with Gasteiger partial charge >= 0.3 is 6.03 Å². The highest BCUT2D eigenvalue weighted by Crippen LogP contribution is 2.29. The van der Waals surface area contributed by atoms with Gasteiger partial charge in [0, 0.05) is 19.5 Å². The molecule has 4 aromatic rings. The van der Waals surface area contributed by atoms with Crippen LogP contribution in [-0.2, 0) is 14.3 Å². The number of likely N-dealkylation sites (N-methyl/N-ethyl adjacent to an activating group) is 1. The largest absolute Gasteiger partial charge is 0.353 e. The molecule has 198 valence electrons. The molecular formula is C28H24ClN5O5. The van der Waals surface area contributed by atoms with Gasteiger partial charge in [-0.3, -0.25) is 19.3 Å². The fraction of sp³-hybridized carbons (Fsp3) is 0.179. The molecule has 1 saturated heterocycles. The van der Waals surface area contributed by atoms with Crippen molar-refractivity contribution in [1.82, 2.24) is 19.6 Å². The first kappa shape index (κ1) is 26.1. The highest BCUT2D eigenvalue weighted by molar-refractivity contribution is 6.34. The quantitative estimate of drug-likeness (QED) is 0.213. The number of para-hydroxylation sites is 2. The number of aryl methyl sites for hydroxylation is 1. The number of benzene rings is 3. The van der Waals surface area contributed by atoms with E-state index in [2.05, 4.69) is 10.4 Å². The minimum atomic E-state index is -1.88. The second-order valence-electron chi connectivity index (χ2n) is 9.04. The number of ether oxygens (including phenoxy) is 1. The topological polar surface area (TPSA) is 114 Å². The predicted octanol–water partition coefficient (Wildman–Crippen LogP) is 4.04. The van der Waals surface area contributed by atoms with Crippen molar-refractivity contribution in [1.29, 1.82) is 0 Å². The Morgan fingerprint density at radius 2 is 1.72 bits per heavy atom. The fourth-order valence-electron chi connectivity index (χ4n) is 4.58. The average Bonchev–Trinajstić information content (AvgIpc) is 3.42. The summed E-state index contributed by atoms with van der Waals surface area (Å²) >= 11 is 6.29. The van der Waals surface area contributed by atoms with Crippen molar-refractivity contribution in [2.24, 2.45) is 0 Å². The van der Waals surface area contributed by atoms with E-state index in [-0.39, 0.29) is 16.4 Å². The van der Waals surface area contributed by atoms with Crippen molar-refractivity contribution in [2.45, 2.75) is 19.2 Å². The van der Waals surface area contributed by atoms with E-state index in [1.807, 2.05) is 37.3 Å². The van der Waals surface area contributed by atoms with Gasteiger partial charge in [0.2, 0.25) is 12.0 Å². The maximum atomic E-state index is 14.2. The third kappa shape index (κ3) is 4.53. The molecule has 2 unspecified atom stereocenters. The molecule has 3 aromatic carbocycles. The molecule has 2 atom stereocenters. The third-order valence-electron chi connectivity index (χ3n) is 6.49. The molecule has 0 radical (unpaired) electrons. The van der Waals surface area contributed by atoms with Gasteiger partial charge < -0.3 is 10.1 Å². The number of halogens is 1. The molecule has 0 spiro atoms. The van der Waals surface area contributed by atoms with E-state index in [4.69, 9.17) is 16.3 Å². The van der Waals surface area contributed by atoms with Crippen LogP contribution in [0.5, 0.6) is 0 Å². The summed E-state index contributed by atoms with van der Waals surface area (Å²) in [6.07, 6.45) is -1.29. The molecular weight excluding hydrogens is 522 g/mol. The van der Waals surface area contributed by atoms with Crippen molar-refractivity contribution in [2.75, 3.05) is 19.5 Å². The molecule has 0 bridgehead atoms. The monoisotopic (exact) mass is 545 g/mol. The summed E-state index contributed by atoms with van der Waals surface area (Å²) in [5, 5.41) is 7.85. The Bertz CT molecular complexity index is 1620. The van der Waals surface area contributed by atoms with Gasteiger partial charge in [0.25, 0.3) is 11.8 Å². The van der Waals surface area contributed by atoms with E-state index < -0.39 is 35.9 Å². The second-order valence-corrected chi connectivity index (χ2v) is 9.45. The number of amides is 4. The number of ketones is 1. The summed E-state index contributed by atoms with van der Waals surface area (Å²) in [5.41, 5.74) is 2.26. The number of hydrogen-bond donors (Lipinski definition) is 1. The number of methoxy groups -OCH3 is 1. The Balaban J connectivity index is 1.64. The fourth-order valence-corrected chi connectivity index (χ4v) is 4.74. The number of fused-ring (bicyclic) bond motifs is 1. The van der Waals surface area contributed by atoms with Crippen molar-refractivity contribution in [3.63, 3.8) is 0 Å². The van der Waals surface area contributed by atoms with E-state index in [1.54, 1.807) is 47.1 Å². The molecule has 4 amide bonds. The zero-order valence-corrected chi connectivity index (χ0v) is 22.0. The number of rotatable bonds is 7. The zero-order valence-electron chi connectivity index (χ0n) is 21.3. The van der Waals surface area contributed by atoms with Crippen LogP contribution in [0, 0.1) is 6.92 Å². The number of aromatic nitrogens is 2. The van der Waals surface area contributed by atoms with Crippen LogP contribution in [0.4, 0.5) is 10.5 Å². The smallest absolute Gasteiger partial charge is 0.330 e. The van der Waals surface area contributed by atoms with Crippen molar-refractivity contribution >= 4 is 51.8 Å². The Hall–Kier alpha value is -4.54. The van der Waals surface area contributed by atoms with Gasteiger partial charge in [-0.25, -0.2) is 14.4 Å². The predicted molar refractivity (Wildman–Crippen MR) is 145 cm³/mol. The number of hydrogen-bond acceptors (Lipinski definition) is 6. The molecule has 5 rings (SSSR count). The molecule has 1 N–H and O–H groups in total. The van der Waals surface area contributed by atoms with E-state index >= 15 is 0 Å². The minimum absolute atomic E-state index is 0.0749. The summed E-state index contributed by atoms with van der Waals surface area (Å²) < 4.78 is 6.74. The minimum Gasteiger partial charge on any atom is -0.353 e. The molecule has 0 aliphatic carbocycles. The number of carbonyl (C=O) groups is 4. The van der Waals surface area contributed by atoms with Gasteiger partial charge in [0.15, 0.2) is 6.04 Å². The van der Waals surface area contributed by atoms with E-state index in [1.165, 1.54) is 14.2 Å². The lowest BCUT2D eigenvalue weighted by molar-refractivity contribution is -0.141. The molecule has 1 aliphatic heterocycles. The molecule has 10 nitrogen and oxygen atoms in total. The highest BCUT2D eigenvalue weighted by atomic mass is 35.5. The number of anilines is 1. The second kappa shape index (κ2) is 10.3. The van der Waals surface area contributed by atoms with Crippen molar-refractivity contribution < 1.29 is 23.9 Å². The first-order chi connectivity index (χ1) is 18.7. The van der Waals surface area contributed by atoms with Gasteiger partial charge in [-0.1, -0.05) is 54.1 Å². The zero-order chi connectivity index (χ0) is 27.8. The van der Waals surface area contributed by atoms with Gasteiger partial charge in [-0.05, 0) is 42.8 Å². The van der Waals surface area contributed by atoms with Crippen LogP contribution < -0.4 is 5.32 Å². The Morgan fingerprint density at radius 1 is 1.03 bits per heavy atom. The molecule has 11 heteroatoms. The molecule has 0 saturated carbocycles. The maximum Gasteiger partial charge on any atom is 0.330 e. The van der Waals surface area contributed by atoms with Crippen LogP contribution in [0.3, 0.4) is 0 Å². The molecule has 1 fully saturated rings. The van der Waals surface area contributed by atoms with Gasteiger partial charge in [0.05, 0.1) is 21.9 Å². The van der Waals surface area contributed by atoms with Crippen LogP contribution in [0.15, 0.2) is 72.8 Å². The first-order valence-electron chi connectivity index (χ1n) is 12.0. The Labute approximate surface area is 228 Å². The van der Waals surface area contributed by atoms with Crippen LogP contribution in [0.1, 0.15) is 16.1 Å².